The van der Waals surface area contributed by atoms with E-state index in [2.05, 4.69) is 67.4 Å². The molecule has 0 N–H and O–H groups in total. The highest BCUT2D eigenvalue weighted by atomic mass is 32.1. The van der Waals surface area contributed by atoms with Gasteiger partial charge in [-0.1, -0.05) is 47.3 Å². The molecule has 0 amide bonds. The Bertz CT molecular complexity index is 1000. The van der Waals surface area contributed by atoms with Crippen molar-refractivity contribution in [3.05, 3.63) is 76.6 Å². The molecule has 0 unspecified atom stereocenters. The van der Waals surface area contributed by atoms with E-state index in [-0.39, 0.29) is 0 Å². The smallest absolute Gasteiger partial charge is 0.195 e. The molecule has 0 saturated heterocycles. The Balaban J connectivity index is 1.75. The fourth-order valence-electron chi connectivity index (χ4n) is 3.11. The minimum absolute atomic E-state index is 0.934. The van der Waals surface area contributed by atoms with Crippen LogP contribution in [0.1, 0.15) is 9.75 Å². The van der Waals surface area contributed by atoms with Crippen molar-refractivity contribution < 1.29 is 0 Å². The molecule has 3 aromatic heterocycles. The van der Waals surface area contributed by atoms with Crippen molar-refractivity contribution in [2.45, 2.75) is 13.8 Å². The molecule has 0 atom stereocenters. The minimum atomic E-state index is 0.934. The van der Waals surface area contributed by atoms with Crippen LogP contribution in [0.25, 0.3) is 21.0 Å². The molecular formula is C21H18BNS2. The molecule has 4 rings (SSSR count). The molecule has 25 heavy (non-hydrogen) atoms. The van der Waals surface area contributed by atoms with Gasteiger partial charge in [0.05, 0.1) is 5.69 Å². The summed E-state index contributed by atoms with van der Waals surface area (Å²) in [4.78, 5) is 10.1. The second-order valence-corrected chi connectivity index (χ2v) is 8.71. The Hall–Kier alpha value is -2.17. The summed E-state index contributed by atoms with van der Waals surface area (Å²) in [5.41, 5.74) is 5.00. The van der Waals surface area contributed by atoms with Crippen molar-refractivity contribution in [2.24, 2.45) is 0 Å². The molecule has 0 aliphatic rings. The van der Waals surface area contributed by atoms with Crippen LogP contribution >= 0.6 is 22.7 Å². The summed E-state index contributed by atoms with van der Waals surface area (Å²) in [5, 5.41) is 0. The summed E-state index contributed by atoms with van der Waals surface area (Å²) in [7, 11) is 0.934. The highest BCUT2D eigenvalue weighted by Crippen LogP contribution is 2.31. The molecule has 0 spiro atoms. The summed E-state index contributed by atoms with van der Waals surface area (Å²) in [5.74, 6) is 0. The first-order valence-electron chi connectivity index (χ1n) is 8.36. The van der Waals surface area contributed by atoms with Crippen molar-refractivity contribution in [1.82, 2.24) is 4.98 Å². The average Bonchev–Trinajstić information content (AvgIpc) is 3.21. The zero-order chi connectivity index (χ0) is 17.2. The van der Waals surface area contributed by atoms with E-state index in [9.17, 15) is 0 Å². The van der Waals surface area contributed by atoms with Crippen LogP contribution in [-0.2, 0) is 0 Å². The van der Waals surface area contributed by atoms with E-state index in [0.29, 0.717) is 0 Å². The third kappa shape index (κ3) is 3.46. The number of rotatable bonds is 4. The van der Waals surface area contributed by atoms with Crippen LogP contribution in [0.4, 0.5) is 0 Å². The van der Waals surface area contributed by atoms with Gasteiger partial charge in [0.1, 0.15) is 0 Å². The van der Waals surface area contributed by atoms with Gasteiger partial charge in [-0.15, -0.1) is 22.7 Å². The van der Waals surface area contributed by atoms with Gasteiger partial charge in [-0.3, -0.25) is 4.98 Å². The lowest BCUT2D eigenvalue weighted by Crippen LogP contribution is -2.28. The van der Waals surface area contributed by atoms with E-state index in [1.54, 1.807) is 0 Å². The van der Waals surface area contributed by atoms with Crippen molar-refractivity contribution >= 4 is 40.9 Å². The van der Waals surface area contributed by atoms with Crippen LogP contribution in [0.15, 0.2) is 66.9 Å². The maximum atomic E-state index is 4.55. The van der Waals surface area contributed by atoms with Gasteiger partial charge >= 0.3 is 0 Å². The number of thiophene rings is 2. The van der Waals surface area contributed by atoms with Gasteiger partial charge in [0.25, 0.3) is 0 Å². The predicted octanol–water partition coefficient (Wildman–Crippen LogP) is 4.54. The van der Waals surface area contributed by atoms with Gasteiger partial charge in [0, 0.05) is 25.7 Å². The van der Waals surface area contributed by atoms with Crippen molar-refractivity contribution in [3.8, 4) is 21.0 Å². The second kappa shape index (κ2) is 6.99. The summed E-state index contributed by atoms with van der Waals surface area (Å²) in [6.45, 7) is 4.37. The standard InChI is InChI=1S/C21H18BNS2/c1-14-10-11-20(24-14)21-18(13-15(2)25-21)22-17-8-4-3-7-16(17)19-9-5-6-12-23-19/h3-13,22H,1-2H3. The van der Waals surface area contributed by atoms with Crippen LogP contribution in [-0.4, -0.2) is 12.3 Å². The zero-order valence-corrected chi connectivity index (χ0v) is 16.0. The highest BCUT2D eigenvalue weighted by molar-refractivity contribution is 7.23. The molecule has 122 valence electrons. The Kier molecular flexibility index (Phi) is 4.56. The second-order valence-electron chi connectivity index (χ2n) is 6.17. The molecule has 0 aliphatic heterocycles. The van der Waals surface area contributed by atoms with E-state index < -0.39 is 0 Å². The quantitative estimate of drug-likeness (QED) is 0.488. The fraction of sp³-hybridized carbons (Fsp3) is 0.0952. The Morgan fingerprint density at radius 1 is 0.800 bits per heavy atom. The van der Waals surface area contributed by atoms with E-state index in [1.165, 1.54) is 36.0 Å². The minimum Gasteiger partial charge on any atom is -0.256 e. The van der Waals surface area contributed by atoms with Crippen LogP contribution < -0.4 is 10.9 Å². The fourth-order valence-corrected chi connectivity index (χ4v) is 5.16. The van der Waals surface area contributed by atoms with Crippen molar-refractivity contribution in [2.75, 3.05) is 0 Å². The van der Waals surface area contributed by atoms with Gasteiger partial charge in [-0.25, -0.2) is 0 Å². The lowest BCUT2D eigenvalue weighted by atomic mass is 9.62. The van der Waals surface area contributed by atoms with Crippen molar-refractivity contribution in [1.29, 1.82) is 0 Å². The molecule has 0 radical (unpaired) electrons. The van der Waals surface area contributed by atoms with E-state index in [1.807, 2.05) is 41.0 Å². The van der Waals surface area contributed by atoms with Crippen LogP contribution in [0, 0.1) is 13.8 Å². The molecular weight excluding hydrogens is 341 g/mol. The molecule has 0 bridgehead atoms. The predicted molar refractivity (Wildman–Crippen MR) is 113 cm³/mol. The largest absolute Gasteiger partial charge is 0.256 e. The molecule has 4 aromatic rings. The maximum Gasteiger partial charge on any atom is 0.195 e. The maximum absolute atomic E-state index is 4.55. The van der Waals surface area contributed by atoms with Gasteiger partial charge in [-0.2, -0.15) is 0 Å². The first-order valence-corrected chi connectivity index (χ1v) is 9.99. The van der Waals surface area contributed by atoms with Gasteiger partial charge < -0.3 is 0 Å². The number of hydrogen-bond donors (Lipinski definition) is 0. The summed E-state index contributed by atoms with van der Waals surface area (Å²) >= 11 is 3.77. The van der Waals surface area contributed by atoms with E-state index in [4.69, 9.17) is 0 Å². The molecule has 0 saturated carbocycles. The summed E-state index contributed by atoms with van der Waals surface area (Å²) in [6.07, 6.45) is 1.86. The molecule has 0 aliphatic carbocycles. The lowest BCUT2D eigenvalue weighted by molar-refractivity contribution is 1.33. The van der Waals surface area contributed by atoms with E-state index in [0.717, 1.165) is 13.0 Å². The van der Waals surface area contributed by atoms with E-state index >= 15 is 0 Å². The molecule has 0 fully saturated rings. The Morgan fingerprint density at radius 2 is 1.64 bits per heavy atom. The van der Waals surface area contributed by atoms with Crippen molar-refractivity contribution in [3.63, 3.8) is 0 Å². The first-order chi connectivity index (χ1) is 12.2. The Morgan fingerprint density at radius 3 is 2.40 bits per heavy atom. The number of hydrogen-bond acceptors (Lipinski definition) is 3. The number of benzene rings is 1. The number of nitrogens with zero attached hydrogens (tertiary/aromatic N) is 1. The summed E-state index contributed by atoms with van der Waals surface area (Å²) < 4.78 is 0. The topological polar surface area (TPSA) is 12.9 Å². The van der Waals surface area contributed by atoms with Crippen LogP contribution in [0.5, 0.6) is 0 Å². The normalized spacial score (nSPS) is 10.8. The van der Waals surface area contributed by atoms with Crippen LogP contribution in [0.2, 0.25) is 0 Å². The molecule has 4 heteroatoms. The SMILES string of the molecule is Cc1ccc(-c2sc(C)cc2Bc2ccccc2-c2ccccn2)s1. The first kappa shape index (κ1) is 16.3. The van der Waals surface area contributed by atoms with Gasteiger partial charge in [0.2, 0.25) is 0 Å². The van der Waals surface area contributed by atoms with Gasteiger partial charge in [-0.05, 0) is 43.7 Å². The monoisotopic (exact) mass is 359 g/mol. The average molecular weight is 359 g/mol. The Labute approximate surface area is 157 Å². The zero-order valence-electron chi connectivity index (χ0n) is 14.3. The molecule has 3 heterocycles. The summed E-state index contributed by atoms with van der Waals surface area (Å²) in [6, 6.07) is 21.5. The molecule has 1 aromatic carbocycles. The number of aryl methyl sites for hydroxylation is 2. The third-order valence-electron chi connectivity index (χ3n) is 4.24. The lowest BCUT2D eigenvalue weighted by Gasteiger charge is -2.08. The highest BCUT2D eigenvalue weighted by Gasteiger charge is 2.15. The van der Waals surface area contributed by atoms with Crippen LogP contribution in [0.3, 0.4) is 0 Å². The number of aromatic nitrogens is 1. The molecule has 1 nitrogen and oxygen atoms in total. The van der Waals surface area contributed by atoms with Gasteiger partial charge in [0.15, 0.2) is 7.28 Å². The number of pyridine rings is 1. The third-order valence-corrected chi connectivity index (χ3v) is 6.51.